The van der Waals surface area contributed by atoms with E-state index in [1.54, 1.807) is 26.1 Å². The average molecular weight is 422 g/mol. The van der Waals surface area contributed by atoms with Crippen molar-refractivity contribution in [1.29, 1.82) is 5.26 Å². The maximum atomic E-state index is 12.3. The van der Waals surface area contributed by atoms with E-state index in [-0.39, 0.29) is 11.6 Å². The summed E-state index contributed by atoms with van der Waals surface area (Å²) in [6.45, 7) is 1.81. The van der Waals surface area contributed by atoms with Gasteiger partial charge in [0.1, 0.15) is 6.07 Å². The summed E-state index contributed by atoms with van der Waals surface area (Å²) in [7, 11) is 1.66. The fourth-order valence-corrected chi connectivity index (χ4v) is 3.99. The molecule has 0 bridgehead atoms. The number of aromatic nitrogens is 2. The summed E-state index contributed by atoms with van der Waals surface area (Å²) < 4.78 is 0. The number of nitrogens with two attached hydrogens (primary N) is 2. The number of rotatable bonds is 4. The molecule has 1 unspecified atom stereocenters. The van der Waals surface area contributed by atoms with E-state index in [0.717, 1.165) is 16.3 Å². The topological polar surface area (TPSA) is 134 Å². The fourth-order valence-electron chi connectivity index (χ4n) is 3.99. The van der Waals surface area contributed by atoms with Crippen molar-refractivity contribution in [3.63, 3.8) is 0 Å². The fraction of sp³-hybridized carbons (Fsp3) is 0.120. The number of fused-ring (bicyclic) bond motifs is 2. The molecule has 7 heteroatoms. The second-order valence-corrected chi connectivity index (χ2v) is 7.46. The molecule has 1 atom stereocenters. The quantitative estimate of drug-likeness (QED) is 0.433. The van der Waals surface area contributed by atoms with Crippen LogP contribution in [0.15, 0.2) is 70.6 Å². The third-order valence-electron chi connectivity index (χ3n) is 5.50. The summed E-state index contributed by atoms with van der Waals surface area (Å²) in [6.07, 6.45) is 1.46. The molecule has 3 aromatic carbocycles. The molecule has 158 valence electrons. The second kappa shape index (κ2) is 8.46. The number of hydrogen-bond donors (Lipinski definition) is 3. The van der Waals surface area contributed by atoms with Gasteiger partial charge in [0.05, 0.1) is 22.4 Å². The maximum absolute atomic E-state index is 12.3. The summed E-state index contributed by atoms with van der Waals surface area (Å²) in [6, 6.07) is 18.9. The Bertz CT molecular complexity index is 1500. The molecule has 4 aromatic rings. The molecule has 1 aromatic heterocycles. The van der Waals surface area contributed by atoms with Crippen LogP contribution in [0, 0.1) is 11.3 Å². The van der Waals surface area contributed by atoms with Crippen molar-refractivity contribution in [2.45, 2.75) is 13.0 Å². The van der Waals surface area contributed by atoms with Gasteiger partial charge in [-0.05, 0) is 30.0 Å². The summed E-state index contributed by atoms with van der Waals surface area (Å²) in [5.74, 6) is 0. The summed E-state index contributed by atoms with van der Waals surface area (Å²) >= 11 is 0. The Balaban J connectivity index is 1.94. The van der Waals surface area contributed by atoms with Crippen molar-refractivity contribution in [3.8, 4) is 6.07 Å². The zero-order chi connectivity index (χ0) is 22.8. The molecule has 0 amide bonds. The molecule has 5 N–H and O–H groups in total. The standard InChI is InChI=1S/C25H22N6O/c1-14(28)23-20-11-16(8-10-19(20)25(32)31-30-23)21(12-26)24(29-2)18-9-7-15-5-3-4-6-17(15)22(18)13-27/h3-12,14H,26,28H2,1-2H3,(H,31,32)/b21-12-,29-24?. The predicted molar refractivity (Wildman–Crippen MR) is 128 cm³/mol. The van der Waals surface area contributed by atoms with Gasteiger partial charge in [0.15, 0.2) is 0 Å². The number of hydrogen-bond acceptors (Lipinski definition) is 6. The lowest BCUT2D eigenvalue weighted by Crippen LogP contribution is -2.16. The molecular weight excluding hydrogens is 400 g/mol. The minimum Gasteiger partial charge on any atom is -0.404 e. The highest BCUT2D eigenvalue weighted by Crippen LogP contribution is 2.29. The molecule has 0 aliphatic rings. The van der Waals surface area contributed by atoms with Gasteiger partial charge >= 0.3 is 0 Å². The molecule has 0 saturated carbocycles. The van der Waals surface area contributed by atoms with Gasteiger partial charge in [0.2, 0.25) is 0 Å². The Morgan fingerprint density at radius 3 is 2.62 bits per heavy atom. The van der Waals surface area contributed by atoms with Crippen molar-refractivity contribution in [2.75, 3.05) is 7.05 Å². The van der Waals surface area contributed by atoms with Crippen molar-refractivity contribution >= 4 is 32.8 Å². The zero-order valence-corrected chi connectivity index (χ0v) is 17.8. The van der Waals surface area contributed by atoms with E-state index in [9.17, 15) is 10.1 Å². The lowest BCUT2D eigenvalue weighted by Gasteiger charge is -2.15. The average Bonchev–Trinajstić information content (AvgIpc) is 2.81. The van der Waals surface area contributed by atoms with Crippen LogP contribution in [0.1, 0.15) is 35.3 Å². The van der Waals surface area contributed by atoms with Crippen LogP contribution in [0.3, 0.4) is 0 Å². The predicted octanol–water partition coefficient (Wildman–Crippen LogP) is 3.39. The number of aliphatic imine (C=N–C) groups is 1. The van der Waals surface area contributed by atoms with Crippen LogP contribution in [0.4, 0.5) is 0 Å². The maximum Gasteiger partial charge on any atom is 0.272 e. The molecule has 1 heterocycles. The number of aromatic amines is 1. The van der Waals surface area contributed by atoms with Gasteiger partial charge in [0, 0.05) is 41.2 Å². The van der Waals surface area contributed by atoms with E-state index >= 15 is 0 Å². The normalized spacial score (nSPS) is 13.3. The van der Waals surface area contributed by atoms with Crippen molar-refractivity contribution in [2.24, 2.45) is 16.5 Å². The molecule has 0 saturated heterocycles. The van der Waals surface area contributed by atoms with Crippen LogP contribution in [0.2, 0.25) is 0 Å². The summed E-state index contributed by atoms with van der Waals surface area (Å²) in [4.78, 5) is 16.8. The van der Waals surface area contributed by atoms with Crippen molar-refractivity contribution in [3.05, 3.63) is 93.5 Å². The van der Waals surface area contributed by atoms with E-state index in [1.807, 2.05) is 42.5 Å². The lowest BCUT2D eigenvalue weighted by atomic mass is 9.90. The largest absolute Gasteiger partial charge is 0.404 e. The van der Waals surface area contributed by atoms with Crippen molar-refractivity contribution in [1.82, 2.24) is 10.2 Å². The first-order chi connectivity index (χ1) is 15.5. The van der Waals surface area contributed by atoms with E-state index in [1.165, 1.54) is 6.20 Å². The van der Waals surface area contributed by atoms with Gasteiger partial charge < -0.3 is 11.5 Å². The number of allylic oxidation sites excluding steroid dienone is 1. The highest BCUT2D eigenvalue weighted by molar-refractivity contribution is 6.33. The van der Waals surface area contributed by atoms with Crippen LogP contribution in [0.5, 0.6) is 0 Å². The number of H-pyrrole nitrogens is 1. The summed E-state index contributed by atoms with van der Waals surface area (Å²) in [5, 5.41) is 19.5. The van der Waals surface area contributed by atoms with Crippen LogP contribution >= 0.6 is 0 Å². The lowest BCUT2D eigenvalue weighted by molar-refractivity contribution is 0.759. The van der Waals surface area contributed by atoms with Crippen LogP contribution < -0.4 is 17.0 Å². The third kappa shape index (κ3) is 3.43. The number of nitrogens with zero attached hydrogens (tertiary/aromatic N) is 3. The van der Waals surface area contributed by atoms with E-state index in [4.69, 9.17) is 11.5 Å². The van der Waals surface area contributed by atoms with Crippen LogP contribution in [-0.4, -0.2) is 23.0 Å². The zero-order valence-electron chi connectivity index (χ0n) is 17.8. The van der Waals surface area contributed by atoms with Gasteiger partial charge in [-0.2, -0.15) is 10.4 Å². The molecule has 4 rings (SSSR count). The number of nitriles is 1. The van der Waals surface area contributed by atoms with Gasteiger partial charge in [0.25, 0.3) is 5.56 Å². The minimum atomic E-state index is -0.375. The molecule has 7 nitrogen and oxygen atoms in total. The Hall–Kier alpha value is -4.28. The molecule has 0 spiro atoms. The molecule has 32 heavy (non-hydrogen) atoms. The van der Waals surface area contributed by atoms with Gasteiger partial charge in [-0.3, -0.25) is 9.79 Å². The molecule has 0 fully saturated rings. The van der Waals surface area contributed by atoms with Gasteiger partial charge in [-0.15, -0.1) is 0 Å². The number of benzene rings is 3. The highest BCUT2D eigenvalue weighted by atomic mass is 16.1. The second-order valence-electron chi connectivity index (χ2n) is 7.46. The Morgan fingerprint density at radius 1 is 1.16 bits per heavy atom. The smallest absolute Gasteiger partial charge is 0.272 e. The van der Waals surface area contributed by atoms with Crippen LogP contribution in [0.25, 0.3) is 27.1 Å². The number of nitrogens with one attached hydrogen (secondary N) is 1. The molecule has 0 aliphatic carbocycles. The van der Waals surface area contributed by atoms with Gasteiger partial charge in [-0.25, -0.2) is 5.10 Å². The third-order valence-corrected chi connectivity index (χ3v) is 5.50. The van der Waals surface area contributed by atoms with Gasteiger partial charge in [-0.1, -0.05) is 42.5 Å². The van der Waals surface area contributed by atoms with E-state index in [0.29, 0.717) is 38.9 Å². The Morgan fingerprint density at radius 2 is 1.94 bits per heavy atom. The first kappa shape index (κ1) is 21.0. The first-order valence-corrected chi connectivity index (χ1v) is 10.1. The first-order valence-electron chi connectivity index (χ1n) is 10.1. The Kier molecular flexibility index (Phi) is 5.54. The Labute approximate surface area is 184 Å². The minimum absolute atomic E-state index is 0.292. The monoisotopic (exact) mass is 422 g/mol. The van der Waals surface area contributed by atoms with Crippen molar-refractivity contribution < 1.29 is 0 Å². The summed E-state index contributed by atoms with van der Waals surface area (Å²) in [5.41, 5.74) is 15.6. The molecule has 0 radical (unpaired) electrons. The molecule has 0 aliphatic heterocycles. The van der Waals surface area contributed by atoms with E-state index in [2.05, 4.69) is 21.3 Å². The SMILES string of the molecule is CN=C(/C(=C\N)c1ccc2c(=O)[nH]nc(C(C)N)c2c1)c1ccc2ccccc2c1C#N. The van der Waals surface area contributed by atoms with E-state index < -0.39 is 0 Å². The highest BCUT2D eigenvalue weighted by Gasteiger charge is 2.19. The molecular formula is C25H22N6O. The van der Waals surface area contributed by atoms with Crippen LogP contribution in [-0.2, 0) is 0 Å².